The summed E-state index contributed by atoms with van der Waals surface area (Å²) in [5.41, 5.74) is 1.29. The van der Waals surface area contributed by atoms with Gasteiger partial charge in [0.2, 0.25) is 0 Å². The molecular formula is C16H24O2. The van der Waals surface area contributed by atoms with Gasteiger partial charge in [0, 0.05) is 0 Å². The summed E-state index contributed by atoms with van der Waals surface area (Å²) in [6.45, 7) is 0. The van der Waals surface area contributed by atoms with Crippen LogP contribution in [0.1, 0.15) is 44.1 Å². The smallest absolute Gasteiger partial charge is 0.0568 e. The van der Waals surface area contributed by atoms with Gasteiger partial charge < -0.3 is 10.2 Å². The molecule has 2 heteroatoms. The van der Waals surface area contributed by atoms with Gasteiger partial charge in [-0.15, -0.1) is 0 Å². The molecule has 18 heavy (non-hydrogen) atoms. The third-order valence-corrected chi connectivity index (χ3v) is 4.10. The molecule has 1 aromatic rings. The Bertz CT molecular complexity index is 336. The number of rotatable bonds is 6. The molecule has 2 N–H and O–H groups in total. The molecule has 1 saturated carbocycles. The first-order valence-electron chi connectivity index (χ1n) is 7.16. The Hall–Kier alpha value is -0.860. The van der Waals surface area contributed by atoms with Crippen molar-refractivity contribution in [3.05, 3.63) is 35.9 Å². The highest BCUT2D eigenvalue weighted by Crippen LogP contribution is 2.29. The van der Waals surface area contributed by atoms with E-state index in [2.05, 4.69) is 12.1 Å². The third kappa shape index (κ3) is 4.11. The Labute approximate surface area is 110 Å². The SMILES string of the molecule is OC(CCc1ccccc1)CC[C@@H]1CCC[C@H]1O. The standard InChI is InChI=1S/C16H24O2/c17-15(11-9-13-5-2-1-3-6-13)12-10-14-7-4-8-16(14)18/h1-3,5-6,14-18H,4,7-12H2/t14-,15?,16+/m0/s1. The zero-order valence-corrected chi connectivity index (χ0v) is 11.0. The molecule has 0 amide bonds. The minimum absolute atomic E-state index is 0.119. The molecule has 1 aromatic carbocycles. The fourth-order valence-electron chi connectivity index (χ4n) is 2.88. The number of hydrogen-bond acceptors (Lipinski definition) is 2. The van der Waals surface area contributed by atoms with Gasteiger partial charge >= 0.3 is 0 Å². The van der Waals surface area contributed by atoms with Crippen molar-refractivity contribution in [1.29, 1.82) is 0 Å². The van der Waals surface area contributed by atoms with E-state index in [1.54, 1.807) is 0 Å². The summed E-state index contributed by atoms with van der Waals surface area (Å²) in [5, 5.41) is 19.7. The van der Waals surface area contributed by atoms with E-state index in [0.717, 1.165) is 44.9 Å². The molecule has 0 spiro atoms. The van der Waals surface area contributed by atoms with Crippen molar-refractivity contribution in [3.8, 4) is 0 Å². The average Bonchev–Trinajstić information content (AvgIpc) is 2.81. The van der Waals surface area contributed by atoms with Crippen molar-refractivity contribution >= 4 is 0 Å². The van der Waals surface area contributed by atoms with E-state index in [-0.39, 0.29) is 12.2 Å². The van der Waals surface area contributed by atoms with E-state index >= 15 is 0 Å². The molecule has 1 fully saturated rings. The molecule has 0 aromatic heterocycles. The Kier molecular flexibility index (Phi) is 5.21. The van der Waals surface area contributed by atoms with Crippen molar-refractivity contribution in [1.82, 2.24) is 0 Å². The van der Waals surface area contributed by atoms with Gasteiger partial charge in [-0.05, 0) is 50.0 Å². The van der Waals surface area contributed by atoms with Crippen molar-refractivity contribution in [2.75, 3.05) is 0 Å². The lowest BCUT2D eigenvalue weighted by atomic mass is 9.95. The first-order chi connectivity index (χ1) is 8.75. The van der Waals surface area contributed by atoms with Crippen LogP contribution in [-0.4, -0.2) is 22.4 Å². The maximum absolute atomic E-state index is 9.98. The van der Waals surface area contributed by atoms with Crippen molar-refractivity contribution in [2.45, 2.75) is 57.2 Å². The lowest BCUT2D eigenvalue weighted by molar-refractivity contribution is 0.102. The Balaban J connectivity index is 1.64. The van der Waals surface area contributed by atoms with Crippen LogP contribution in [-0.2, 0) is 6.42 Å². The first-order valence-corrected chi connectivity index (χ1v) is 7.16. The van der Waals surface area contributed by atoms with Crippen LogP contribution < -0.4 is 0 Å². The fourth-order valence-corrected chi connectivity index (χ4v) is 2.88. The van der Waals surface area contributed by atoms with Gasteiger partial charge in [-0.25, -0.2) is 0 Å². The van der Waals surface area contributed by atoms with Crippen LogP contribution in [0.25, 0.3) is 0 Å². The highest BCUT2D eigenvalue weighted by atomic mass is 16.3. The molecule has 100 valence electrons. The Morgan fingerprint density at radius 2 is 1.89 bits per heavy atom. The van der Waals surface area contributed by atoms with E-state index in [9.17, 15) is 10.2 Å². The molecule has 0 heterocycles. The molecule has 0 bridgehead atoms. The highest BCUT2D eigenvalue weighted by Gasteiger charge is 2.25. The zero-order chi connectivity index (χ0) is 12.8. The topological polar surface area (TPSA) is 40.5 Å². The summed E-state index contributed by atoms with van der Waals surface area (Å²) < 4.78 is 0. The summed E-state index contributed by atoms with van der Waals surface area (Å²) in [5.74, 6) is 0.427. The largest absolute Gasteiger partial charge is 0.393 e. The van der Waals surface area contributed by atoms with Crippen LogP contribution in [0, 0.1) is 5.92 Å². The predicted molar refractivity (Wildman–Crippen MR) is 73.4 cm³/mol. The van der Waals surface area contributed by atoms with Gasteiger partial charge in [0.05, 0.1) is 12.2 Å². The second-order valence-corrected chi connectivity index (χ2v) is 5.51. The van der Waals surface area contributed by atoms with Crippen molar-refractivity contribution in [3.63, 3.8) is 0 Å². The fraction of sp³-hybridized carbons (Fsp3) is 0.625. The lowest BCUT2D eigenvalue weighted by Gasteiger charge is -2.16. The van der Waals surface area contributed by atoms with Gasteiger partial charge in [0.15, 0.2) is 0 Å². The summed E-state index contributed by atoms with van der Waals surface area (Å²) in [7, 11) is 0. The molecule has 3 atom stereocenters. The summed E-state index contributed by atoms with van der Waals surface area (Å²) in [4.78, 5) is 0. The summed E-state index contributed by atoms with van der Waals surface area (Å²) in [6.07, 6.45) is 6.45. The number of aliphatic hydroxyl groups excluding tert-OH is 2. The molecule has 1 unspecified atom stereocenters. The summed E-state index contributed by atoms with van der Waals surface area (Å²) >= 11 is 0. The molecule has 0 aliphatic heterocycles. The quantitative estimate of drug-likeness (QED) is 0.812. The molecule has 1 aliphatic rings. The lowest BCUT2D eigenvalue weighted by Crippen LogP contribution is -2.16. The van der Waals surface area contributed by atoms with Gasteiger partial charge in [-0.3, -0.25) is 0 Å². The Morgan fingerprint density at radius 1 is 1.11 bits per heavy atom. The van der Waals surface area contributed by atoms with Crippen LogP contribution in [0.5, 0.6) is 0 Å². The van der Waals surface area contributed by atoms with E-state index in [1.807, 2.05) is 18.2 Å². The molecule has 2 nitrogen and oxygen atoms in total. The number of benzene rings is 1. The predicted octanol–water partition coefficient (Wildman–Crippen LogP) is 2.92. The van der Waals surface area contributed by atoms with E-state index in [0.29, 0.717) is 5.92 Å². The second kappa shape index (κ2) is 6.91. The Morgan fingerprint density at radius 3 is 2.56 bits per heavy atom. The third-order valence-electron chi connectivity index (χ3n) is 4.10. The average molecular weight is 248 g/mol. The highest BCUT2D eigenvalue weighted by molar-refractivity contribution is 5.14. The van der Waals surface area contributed by atoms with E-state index in [1.165, 1.54) is 5.56 Å². The molecular weight excluding hydrogens is 224 g/mol. The second-order valence-electron chi connectivity index (χ2n) is 5.51. The molecule has 2 rings (SSSR count). The normalized spacial score (nSPS) is 25.2. The maximum Gasteiger partial charge on any atom is 0.0568 e. The molecule has 0 saturated heterocycles. The van der Waals surface area contributed by atoms with Crippen LogP contribution in [0.2, 0.25) is 0 Å². The molecule has 1 aliphatic carbocycles. The van der Waals surface area contributed by atoms with Crippen molar-refractivity contribution in [2.24, 2.45) is 5.92 Å². The van der Waals surface area contributed by atoms with Crippen LogP contribution >= 0.6 is 0 Å². The van der Waals surface area contributed by atoms with Gasteiger partial charge in [-0.2, -0.15) is 0 Å². The maximum atomic E-state index is 9.98. The van der Waals surface area contributed by atoms with Gasteiger partial charge in [0.25, 0.3) is 0 Å². The minimum Gasteiger partial charge on any atom is -0.393 e. The van der Waals surface area contributed by atoms with E-state index in [4.69, 9.17) is 0 Å². The van der Waals surface area contributed by atoms with Crippen LogP contribution in [0.15, 0.2) is 30.3 Å². The van der Waals surface area contributed by atoms with E-state index < -0.39 is 0 Å². The molecule has 0 radical (unpaired) electrons. The number of aryl methyl sites for hydroxylation is 1. The number of aliphatic hydroxyl groups is 2. The van der Waals surface area contributed by atoms with Crippen LogP contribution in [0.4, 0.5) is 0 Å². The summed E-state index contributed by atoms with van der Waals surface area (Å²) in [6, 6.07) is 10.3. The van der Waals surface area contributed by atoms with Gasteiger partial charge in [0.1, 0.15) is 0 Å². The minimum atomic E-state index is -0.224. The van der Waals surface area contributed by atoms with Crippen molar-refractivity contribution < 1.29 is 10.2 Å². The van der Waals surface area contributed by atoms with Gasteiger partial charge in [-0.1, -0.05) is 36.8 Å². The zero-order valence-electron chi connectivity index (χ0n) is 11.0. The first kappa shape index (κ1) is 13.6. The van der Waals surface area contributed by atoms with Crippen LogP contribution in [0.3, 0.4) is 0 Å². The number of hydrogen-bond donors (Lipinski definition) is 2. The monoisotopic (exact) mass is 248 g/mol.